The van der Waals surface area contributed by atoms with Gasteiger partial charge in [0.2, 0.25) is 0 Å². The van der Waals surface area contributed by atoms with Gasteiger partial charge in [-0.2, -0.15) is 0 Å². The molecule has 1 amide bonds. The molecular formula is C11H15NO6. The van der Waals surface area contributed by atoms with Gasteiger partial charge in [-0.3, -0.25) is 4.79 Å². The standard InChI is InChI=1S/C11H15NO6/c1-11(2)17-7-6-4(15-10(7)18-11)3-12-8(14)5(13)9(12)16-6/h4-7,9-10,13H,3H2,1-2H3/t4-,5+,6+,7-,9+,10-/m1/s1. The summed E-state index contributed by atoms with van der Waals surface area (Å²) in [5.41, 5.74) is 0. The summed E-state index contributed by atoms with van der Waals surface area (Å²) in [6.07, 6.45) is -2.91. The van der Waals surface area contributed by atoms with E-state index in [1.807, 2.05) is 13.8 Å². The van der Waals surface area contributed by atoms with E-state index in [2.05, 4.69) is 0 Å². The van der Waals surface area contributed by atoms with Crippen molar-refractivity contribution in [1.82, 2.24) is 4.90 Å². The zero-order chi connectivity index (χ0) is 12.7. The number of amides is 1. The lowest BCUT2D eigenvalue weighted by Crippen LogP contribution is -2.72. The predicted octanol–water partition coefficient (Wildman–Crippen LogP) is -1.21. The topological polar surface area (TPSA) is 77.5 Å². The molecule has 0 aromatic rings. The maximum Gasteiger partial charge on any atom is 0.258 e. The highest BCUT2D eigenvalue weighted by molar-refractivity contribution is 5.87. The summed E-state index contributed by atoms with van der Waals surface area (Å²) in [5.74, 6) is -0.990. The highest BCUT2D eigenvalue weighted by atomic mass is 16.8. The van der Waals surface area contributed by atoms with Gasteiger partial charge in [-0.05, 0) is 13.8 Å². The van der Waals surface area contributed by atoms with Crippen molar-refractivity contribution in [2.75, 3.05) is 6.54 Å². The number of rotatable bonds is 0. The monoisotopic (exact) mass is 257 g/mol. The fraction of sp³-hybridized carbons (Fsp3) is 0.909. The Bertz CT molecular complexity index is 412. The van der Waals surface area contributed by atoms with E-state index in [9.17, 15) is 9.90 Å². The molecule has 18 heavy (non-hydrogen) atoms. The lowest BCUT2D eigenvalue weighted by Gasteiger charge is -2.50. The van der Waals surface area contributed by atoms with Crippen LogP contribution in [0.15, 0.2) is 0 Å². The molecule has 4 rings (SSSR count). The van der Waals surface area contributed by atoms with Crippen LogP contribution < -0.4 is 0 Å². The zero-order valence-electron chi connectivity index (χ0n) is 10.1. The second-order valence-electron chi connectivity index (χ2n) is 5.57. The number of fused-ring (bicyclic) bond motifs is 4. The maximum atomic E-state index is 11.4. The van der Waals surface area contributed by atoms with Crippen molar-refractivity contribution in [2.24, 2.45) is 0 Å². The van der Waals surface area contributed by atoms with Gasteiger partial charge in [0.1, 0.15) is 18.3 Å². The third kappa shape index (κ3) is 1.28. The lowest BCUT2D eigenvalue weighted by molar-refractivity contribution is -0.280. The molecule has 7 heteroatoms. The number of hydrogen-bond acceptors (Lipinski definition) is 6. The van der Waals surface area contributed by atoms with Gasteiger partial charge in [-0.1, -0.05) is 0 Å². The Kier molecular flexibility index (Phi) is 2.00. The number of hydrogen-bond donors (Lipinski definition) is 1. The number of carbonyl (C=O) groups excluding carboxylic acids is 1. The van der Waals surface area contributed by atoms with Gasteiger partial charge in [0.05, 0.1) is 6.54 Å². The van der Waals surface area contributed by atoms with Crippen molar-refractivity contribution in [1.29, 1.82) is 0 Å². The highest BCUT2D eigenvalue weighted by Crippen LogP contribution is 2.43. The molecule has 0 aromatic carbocycles. The smallest absolute Gasteiger partial charge is 0.258 e. The van der Waals surface area contributed by atoms with E-state index in [-0.39, 0.29) is 24.2 Å². The SMILES string of the molecule is CC1(C)O[C@H]2O[C@@H]3CN4C(=O)[C@H](O)[C@@H]4O[C@@H]3[C@H]2O1. The predicted molar refractivity (Wildman–Crippen MR) is 55.1 cm³/mol. The first-order valence-electron chi connectivity index (χ1n) is 6.11. The van der Waals surface area contributed by atoms with Crippen LogP contribution in [-0.2, 0) is 23.7 Å². The van der Waals surface area contributed by atoms with E-state index >= 15 is 0 Å². The number of aliphatic hydroxyl groups is 1. The van der Waals surface area contributed by atoms with E-state index in [4.69, 9.17) is 18.9 Å². The van der Waals surface area contributed by atoms with Crippen molar-refractivity contribution in [2.45, 2.75) is 56.6 Å². The first-order valence-corrected chi connectivity index (χ1v) is 6.11. The number of β-lactam (4-membered cyclic amide) rings is 1. The summed E-state index contributed by atoms with van der Waals surface area (Å²) in [4.78, 5) is 12.9. The summed E-state index contributed by atoms with van der Waals surface area (Å²) < 4.78 is 22.8. The Morgan fingerprint density at radius 3 is 2.83 bits per heavy atom. The van der Waals surface area contributed by atoms with Crippen LogP contribution >= 0.6 is 0 Å². The molecule has 1 N–H and O–H groups in total. The Balaban J connectivity index is 1.55. The van der Waals surface area contributed by atoms with E-state index in [0.29, 0.717) is 6.54 Å². The molecule has 0 radical (unpaired) electrons. The summed E-state index contributed by atoms with van der Waals surface area (Å²) in [7, 11) is 0. The minimum absolute atomic E-state index is 0.246. The van der Waals surface area contributed by atoms with E-state index in [0.717, 1.165) is 0 Å². The molecule has 0 unspecified atom stereocenters. The minimum atomic E-state index is -1.06. The molecular weight excluding hydrogens is 242 g/mol. The molecule has 4 heterocycles. The molecule has 0 aliphatic carbocycles. The van der Waals surface area contributed by atoms with Gasteiger partial charge >= 0.3 is 0 Å². The lowest BCUT2D eigenvalue weighted by atomic mass is 10.0. The first kappa shape index (κ1) is 11.1. The first-order chi connectivity index (χ1) is 8.46. The van der Waals surface area contributed by atoms with Crippen molar-refractivity contribution in [3.8, 4) is 0 Å². The Hall–Kier alpha value is -0.730. The second-order valence-corrected chi connectivity index (χ2v) is 5.57. The average Bonchev–Trinajstić information content (AvgIpc) is 2.78. The van der Waals surface area contributed by atoms with Crippen LogP contribution in [-0.4, -0.2) is 65.2 Å². The van der Waals surface area contributed by atoms with Gasteiger partial charge in [0, 0.05) is 0 Å². The van der Waals surface area contributed by atoms with Gasteiger partial charge in [0.25, 0.3) is 5.91 Å². The fourth-order valence-electron chi connectivity index (χ4n) is 3.06. The zero-order valence-corrected chi connectivity index (χ0v) is 10.1. The summed E-state index contributed by atoms with van der Waals surface area (Å²) in [5, 5.41) is 9.55. The number of carbonyl (C=O) groups is 1. The molecule has 0 bridgehead atoms. The van der Waals surface area contributed by atoms with Gasteiger partial charge in [0.15, 0.2) is 24.4 Å². The second kappa shape index (κ2) is 3.23. The van der Waals surface area contributed by atoms with Crippen LogP contribution in [0.2, 0.25) is 0 Å². The molecule has 7 nitrogen and oxygen atoms in total. The Labute approximate surface area is 104 Å². The fourth-order valence-corrected chi connectivity index (χ4v) is 3.06. The Morgan fingerprint density at radius 1 is 1.28 bits per heavy atom. The largest absolute Gasteiger partial charge is 0.379 e. The number of aliphatic hydroxyl groups excluding tert-OH is 1. The van der Waals surface area contributed by atoms with Crippen molar-refractivity contribution in [3.63, 3.8) is 0 Å². The number of ether oxygens (including phenoxy) is 4. The van der Waals surface area contributed by atoms with Crippen LogP contribution in [0.1, 0.15) is 13.8 Å². The normalized spacial score (nSPS) is 52.6. The summed E-state index contributed by atoms with van der Waals surface area (Å²) >= 11 is 0. The summed E-state index contributed by atoms with van der Waals surface area (Å²) in [6.45, 7) is 4.06. The third-order valence-corrected chi connectivity index (χ3v) is 3.87. The van der Waals surface area contributed by atoms with Crippen molar-refractivity contribution < 1.29 is 28.8 Å². The van der Waals surface area contributed by atoms with Crippen LogP contribution in [0.4, 0.5) is 0 Å². The van der Waals surface area contributed by atoms with Gasteiger partial charge in [-0.25, -0.2) is 0 Å². The van der Waals surface area contributed by atoms with Crippen LogP contribution in [0.25, 0.3) is 0 Å². The van der Waals surface area contributed by atoms with E-state index in [1.54, 1.807) is 0 Å². The molecule has 4 aliphatic heterocycles. The average molecular weight is 257 g/mol. The van der Waals surface area contributed by atoms with Gasteiger partial charge in [-0.15, -0.1) is 0 Å². The minimum Gasteiger partial charge on any atom is -0.379 e. The van der Waals surface area contributed by atoms with Gasteiger partial charge < -0.3 is 29.0 Å². The van der Waals surface area contributed by atoms with Crippen LogP contribution in [0.3, 0.4) is 0 Å². The molecule has 100 valence electrons. The molecule has 4 saturated heterocycles. The highest BCUT2D eigenvalue weighted by Gasteiger charge is 2.62. The van der Waals surface area contributed by atoms with E-state index in [1.165, 1.54) is 4.90 Å². The van der Waals surface area contributed by atoms with E-state index < -0.39 is 24.4 Å². The molecule has 0 saturated carbocycles. The quantitative estimate of drug-likeness (QED) is 0.549. The summed E-state index contributed by atoms with van der Waals surface area (Å²) in [6, 6.07) is 0. The third-order valence-electron chi connectivity index (χ3n) is 3.87. The van der Waals surface area contributed by atoms with Crippen molar-refractivity contribution in [3.05, 3.63) is 0 Å². The van der Waals surface area contributed by atoms with Crippen LogP contribution in [0.5, 0.6) is 0 Å². The maximum absolute atomic E-state index is 11.4. The molecule has 4 aliphatic rings. The molecule has 4 fully saturated rings. The van der Waals surface area contributed by atoms with Crippen LogP contribution in [0, 0.1) is 0 Å². The molecule has 0 spiro atoms. The molecule has 0 aromatic heterocycles. The number of nitrogens with zero attached hydrogens (tertiary/aromatic N) is 1. The Morgan fingerprint density at radius 2 is 2.06 bits per heavy atom. The molecule has 6 atom stereocenters. The van der Waals surface area contributed by atoms with Crippen molar-refractivity contribution >= 4 is 5.91 Å².